The summed E-state index contributed by atoms with van der Waals surface area (Å²) in [5.74, 6) is -0.0971. The first kappa shape index (κ1) is 13.6. The minimum atomic E-state index is -0.259. The van der Waals surface area contributed by atoms with Gasteiger partial charge in [-0.1, -0.05) is 0 Å². The molecule has 102 valence electrons. The van der Waals surface area contributed by atoms with Crippen LogP contribution in [0.4, 0.5) is 0 Å². The van der Waals surface area contributed by atoms with Crippen molar-refractivity contribution in [2.75, 3.05) is 0 Å². The van der Waals surface area contributed by atoms with E-state index in [9.17, 15) is 9.59 Å². The molecule has 0 amide bonds. The van der Waals surface area contributed by atoms with E-state index in [0.29, 0.717) is 16.7 Å². The number of rotatable bonds is 2. The van der Waals surface area contributed by atoms with Crippen molar-refractivity contribution in [2.45, 2.75) is 0 Å². The van der Waals surface area contributed by atoms with E-state index >= 15 is 0 Å². The summed E-state index contributed by atoms with van der Waals surface area (Å²) in [6.07, 6.45) is 0. The Labute approximate surface area is 126 Å². The zero-order valence-corrected chi connectivity index (χ0v) is 12.9. The summed E-state index contributed by atoms with van der Waals surface area (Å²) in [7, 11) is 1.75. The second-order valence-corrected chi connectivity index (χ2v) is 6.71. The van der Waals surface area contributed by atoms with Crippen LogP contribution in [-0.2, 0) is 7.05 Å². The number of benzene rings is 2. The molecule has 4 nitrogen and oxygen atoms in total. The van der Waals surface area contributed by atoms with Gasteiger partial charge in [-0.2, -0.15) is 0 Å². The predicted octanol–water partition coefficient (Wildman–Crippen LogP) is 1.70. The number of carbonyl (C=O) groups excluding carboxylic acids is 1. The summed E-state index contributed by atoms with van der Waals surface area (Å²) in [6, 6.07) is 13.9. The fourth-order valence-electron chi connectivity index (χ4n) is 2.14. The standard InChI is InChI=1S/C16H10N2O2Se/c1-18-13-7-6-12(8-14(13)21-16(18)20)15(19)11-4-2-10(9-17)3-5-11/h2-8H,1H3. The number of hydrogen-bond donors (Lipinski definition) is 0. The third kappa shape index (κ3) is 2.36. The summed E-state index contributed by atoms with van der Waals surface area (Å²) in [5.41, 5.74) is 2.52. The van der Waals surface area contributed by atoms with Crippen LogP contribution in [0.5, 0.6) is 0 Å². The Kier molecular flexibility index (Phi) is 3.34. The van der Waals surface area contributed by atoms with Crippen LogP contribution >= 0.6 is 0 Å². The Morgan fingerprint density at radius 1 is 1.14 bits per heavy atom. The molecule has 1 aromatic heterocycles. The van der Waals surface area contributed by atoms with Crippen LogP contribution in [0, 0.1) is 11.3 Å². The Morgan fingerprint density at radius 3 is 2.48 bits per heavy atom. The molecular formula is C16H10N2O2Se. The minimum absolute atomic E-state index is 0.0971. The van der Waals surface area contributed by atoms with Crippen LogP contribution < -0.4 is 4.43 Å². The monoisotopic (exact) mass is 342 g/mol. The van der Waals surface area contributed by atoms with Crippen molar-refractivity contribution in [1.29, 1.82) is 5.26 Å². The molecule has 21 heavy (non-hydrogen) atoms. The predicted molar refractivity (Wildman–Crippen MR) is 80.7 cm³/mol. The first-order valence-electron chi connectivity index (χ1n) is 6.24. The third-order valence-electron chi connectivity index (χ3n) is 3.33. The topological polar surface area (TPSA) is 62.9 Å². The van der Waals surface area contributed by atoms with Crippen LogP contribution in [0.1, 0.15) is 21.5 Å². The molecule has 2 aromatic carbocycles. The summed E-state index contributed by atoms with van der Waals surface area (Å²) >= 11 is -0.259. The summed E-state index contributed by atoms with van der Waals surface area (Å²) in [4.78, 5) is 24.1. The Morgan fingerprint density at radius 2 is 1.81 bits per heavy atom. The van der Waals surface area contributed by atoms with E-state index in [0.717, 1.165) is 9.78 Å². The number of hydrogen-bond acceptors (Lipinski definition) is 3. The van der Waals surface area contributed by atoms with Crippen molar-refractivity contribution in [3.8, 4) is 6.07 Å². The SMILES string of the molecule is Cn1c(=O)[se]c2cc(C(=O)c3ccc(C#N)cc3)ccc21. The number of ketones is 1. The molecule has 0 aliphatic carbocycles. The fourth-order valence-corrected chi connectivity index (χ4v) is 4.07. The van der Waals surface area contributed by atoms with E-state index < -0.39 is 0 Å². The normalized spacial score (nSPS) is 10.5. The van der Waals surface area contributed by atoms with Crippen molar-refractivity contribution in [2.24, 2.45) is 7.05 Å². The molecule has 0 unspecified atom stereocenters. The average molecular weight is 341 g/mol. The molecule has 0 saturated heterocycles. The number of carbonyl (C=O) groups is 1. The molecule has 0 bridgehead atoms. The maximum absolute atomic E-state index is 12.4. The first-order chi connectivity index (χ1) is 10.1. The van der Waals surface area contributed by atoms with Crippen LogP contribution in [-0.4, -0.2) is 24.9 Å². The van der Waals surface area contributed by atoms with Gasteiger partial charge in [0.25, 0.3) is 0 Å². The van der Waals surface area contributed by atoms with Crippen molar-refractivity contribution in [1.82, 2.24) is 4.57 Å². The summed E-state index contributed by atoms with van der Waals surface area (Å²) in [6.45, 7) is 0. The molecule has 1 heterocycles. The van der Waals surface area contributed by atoms with Crippen molar-refractivity contribution >= 4 is 30.1 Å². The van der Waals surface area contributed by atoms with Crippen molar-refractivity contribution in [3.05, 3.63) is 68.4 Å². The van der Waals surface area contributed by atoms with Gasteiger partial charge in [0.15, 0.2) is 0 Å². The summed E-state index contributed by atoms with van der Waals surface area (Å²) < 4.78 is 2.67. The van der Waals surface area contributed by atoms with Gasteiger partial charge in [0, 0.05) is 0 Å². The maximum atomic E-state index is 12.4. The van der Waals surface area contributed by atoms with Crippen molar-refractivity contribution in [3.63, 3.8) is 0 Å². The molecule has 0 aliphatic heterocycles. The molecule has 3 aromatic rings. The molecule has 5 heteroatoms. The molecular weight excluding hydrogens is 331 g/mol. The second-order valence-electron chi connectivity index (χ2n) is 4.63. The van der Waals surface area contributed by atoms with E-state index in [1.807, 2.05) is 12.1 Å². The van der Waals surface area contributed by atoms with E-state index in [2.05, 4.69) is 0 Å². The van der Waals surface area contributed by atoms with Gasteiger partial charge in [0.05, 0.1) is 0 Å². The molecule has 0 fully saturated rings. The molecule has 0 atom stereocenters. The van der Waals surface area contributed by atoms with Gasteiger partial charge in [-0.25, -0.2) is 0 Å². The molecule has 0 saturated carbocycles. The van der Waals surface area contributed by atoms with Gasteiger partial charge in [0.2, 0.25) is 0 Å². The molecule has 0 N–H and O–H groups in total. The van der Waals surface area contributed by atoms with E-state index in [1.54, 1.807) is 48.0 Å². The van der Waals surface area contributed by atoms with Crippen molar-refractivity contribution < 1.29 is 4.79 Å². The Hall–Kier alpha value is -2.41. The third-order valence-corrected chi connectivity index (χ3v) is 5.42. The van der Waals surface area contributed by atoms with E-state index in [-0.39, 0.29) is 24.7 Å². The van der Waals surface area contributed by atoms with Crippen LogP contribution in [0.15, 0.2) is 47.3 Å². The quantitative estimate of drug-likeness (QED) is 0.526. The first-order valence-corrected chi connectivity index (χ1v) is 7.96. The number of aromatic nitrogens is 1. The number of nitrogens with zero attached hydrogens (tertiary/aromatic N) is 2. The number of aryl methyl sites for hydroxylation is 1. The van der Waals surface area contributed by atoms with Gasteiger partial charge in [-0.05, 0) is 0 Å². The van der Waals surface area contributed by atoms with Gasteiger partial charge < -0.3 is 0 Å². The number of fused-ring (bicyclic) bond motifs is 1. The molecule has 3 rings (SSSR count). The average Bonchev–Trinajstić information content (AvgIpc) is 2.81. The molecule has 0 spiro atoms. The molecule has 0 radical (unpaired) electrons. The van der Waals surface area contributed by atoms with Gasteiger partial charge in [-0.15, -0.1) is 0 Å². The van der Waals surface area contributed by atoms with Crippen LogP contribution in [0.2, 0.25) is 0 Å². The van der Waals surface area contributed by atoms with Gasteiger partial charge in [-0.3, -0.25) is 0 Å². The van der Waals surface area contributed by atoms with E-state index in [4.69, 9.17) is 5.26 Å². The Balaban J connectivity index is 2.05. The van der Waals surface area contributed by atoms with Gasteiger partial charge >= 0.3 is 126 Å². The summed E-state index contributed by atoms with van der Waals surface area (Å²) in [5, 5.41) is 8.77. The number of nitriles is 1. The molecule has 0 aliphatic rings. The van der Waals surface area contributed by atoms with Gasteiger partial charge in [0.1, 0.15) is 0 Å². The Bertz CT molecular complexity index is 943. The fraction of sp³-hybridized carbons (Fsp3) is 0.0625. The second kappa shape index (κ2) is 5.17. The zero-order chi connectivity index (χ0) is 15.0. The van der Waals surface area contributed by atoms with Crippen LogP contribution in [0.3, 0.4) is 0 Å². The zero-order valence-electron chi connectivity index (χ0n) is 11.2. The van der Waals surface area contributed by atoms with Crippen LogP contribution in [0.25, 0.3) is 9.78 Å². The van der Waals surface area contributed by atoms with E-state index in [1.165, 1.54) is 0 Å².